The average molecular weight is 227 g/mol. The van der Waals surface area contributed by atoms with E-state index in [1.807, 2.05) is 0 Å². The van der Waals surface area contributed by atoms with Crippen LogP contribution in [0.4, 0.5) is 14.5 Å². The van der Waals surface area contributed by atoms with Gasteiger partial charge in [0.2, 0.25) is 0 Å². The number of benzene rings is 1. The molecule has 88 valence electrons. The summed E-state index contributed by atoms with van der Waals surface area (Å²) in [7, 11) is 0. The normalized spacial score (nSPS) is 24.8. The predicted molar refractivity (Wildman–Crippen MR) is 58.4 cm³/mol. The summed E-state index contributed by atoms with van der Waals surface area (Å²) in [6.07, 6.45) is 1.95. The Balaban J connectivity index is 2.18. The van der Waals surface area contributed by atoms with Crippen LogP contribution in [-0.4, -0.2) is 17.3 Å². The van der Waals surface area contributed by atoms with Gasteiger partial charge in [-0.15, -0.1) is 0 Å². The molecule has 1 aromatic carbocycles. The molecule has 0 aromatic heterocycles. The summed E-state index contributed by atoms with van der Waals surface area (Å²) in [5.41, 5.74) is 0.420. The molecule has 0 saturated heterocycles. The molecule has 1 fully saturated rings. The van der Waals surface area contributed by atoms with Crippen molar-refractivity contribution in [2.45, 2.75) is 38.3 Å². The van der Waals surface area contributed by atoms with Gasteiger partial charge in [-0.05, 0) is 37.8 Å². The lowest BCUT2D eigenvalue weighted by molar-refractivity contribution is 0.171. The Morgan fingerprint density at radius 3 is 2.62 bits per heavy atom. The molecule has 2 N–H and O–H groups in total. The Morgan fingerprint density at radius 2 is 2.00 bits per heavy atom. The highest BCUT2D eigenvalue weighted by Gasteiger charge is 2.25. The lowest BCUT2D eigenvalue weighted by Gasteiger charge is -2.18. The molecule has 0 unspecified atom stereocenters. The number of hydrogen-bond acceptors (Lipinski definition) is 2. The molecule has 0 radical (unpaired) electrons. The molecule has 0 spiro atoms. The van der Waals surface area contributed by atoms with E-state index in [0.29, 0.717) is 6.42 Å². The third kappa shape index (κ3) is 2.16. The van der Waals surface area contributed by atoms with Crippen LogP contribution in [0.25, 0.3) is 0 Å². The zero-order valence-electron chi connectivity index (χ0n) is 9.13. The molecule has 2 nitrogen and oxygen atoms in total. The van der Waals surface area contributed by atoms with Gasteiger partial charge in [0.25, 0.3) is 0 Å². The number of nitrogens with one attached hydrogen (secondary N) is 1. The van der Waals surface area contributed by atoms with Crippen molar-refractivity contribution in [3.8, 4) is 0 Å². The van der Waals surface area contributed by atoms with E-state index in [4.69, 9.17) is 0 Å². The minimum atomic E-state index is -0.474. The van der Waals surface area contributed by atoms with Crippen molar-refractivity contribution in [1.29, 1.82) is 0 Å². The highest BCUT2D eigenvalue weighted by Crippen LogP contribution is 2.25. The lowest BCUT2D eigenvalue weighted by Crippen LogP contribution is -2.28. The van der Waals surface area contributed by atoms with E-state index in [1.165, 1.54) is 13.0 Å². The highest BCUT2D eigenvalue weighted by molar-refractivity contribution is 5.48. The second-order valence-corrected chi connectivity index (χ2v) is 4.33. The summed E-state index contributed by atoms with van der Waals surface area (Å²) in [6, 6.07) is 2.14. The van der Waals surface area contributed by atoms with Gasteiger partial charge in [-0.2, -0.15) is 0 Å². The molecule has 1 aromatic rings. The molecular weight excluding hydrogens is 212 g/mol. The van der Waals surface area contributed by atoms with Gasteiger partial charge in [0.1, 0.15) is 11.6 Å². The number of rotatable bonds is 2. The second kappa shape index (κ2) is 4.37. The van der Waals surface area contributed by atoms with Crippen molar-refractivity contribution >= 4 is 5.69 Å². The van der Waals surface area contributed by atoms with Gasteiger partial charge in [0, 0.05) is 6.07 Å². The molecule has 1 aliphatic carbocycles. The summed E-state index contributed by atoms with van der Waals surface area (Å²) in [6.45, 7) is 1.52. The van der Waals surface area contributed by atoms with Crippen LogP contribution in [0.5, 0.6) is 0 Å². The lowest BCUT2D eigenvalue weighted by atomic mass is 10.1. The minimum Gasteiger partial charge on any atom is -0.391 e. The van der Waals surface area contributed by atoms with Crippen LogP contribution < -0.4 is 5.32 Å². The molecule has 0 bridgehead atoms. The maximum absolute atomic E-state index is 13.5. The van der Waals surface area contributed by atoms with Crippen LogP contribution in [0.3, 0.4) is 0 Å². The quantitative estimate of drug-likeness (QED) is 0.814. The van der Waals surface area contributed by atoms with E-state index in [2.05, 4.69) is 5.32 Å². The van der Waals surface area contributed by atoms with Gasteiger partial charge in [0.05, 0.1) is 17.8 Å². The molecule has 2 rings (SSSR count). The van der Waals surface area contributed by atoms with Gasteiger partial charge in [-0.25, -0.2) is 8.78 Å². The summed E-state index contributed by atoms with van der Waals surface area (Å²) in [5, 5.41) is 12.4. The van der Waals surface area contributed by atoms with E-state index >= 15 is 0 Å². The summed E-state index contributed by atoms with van der Waals surface area (Å²) >= 11 is 0. The predicted octanol–water partition coefficient (Wildman–Crippen LogP) is 2.60. The van der Waals surface area contributed by atoms with Crippen molar-refractivity contribution in [1.82, 2.24) is 0 Å². The molecule has 2 atom stereocenters. The third-order valence-electron chi connectivity index (χ3n) is 3.07. The average Bonchev–Trinajstić information content (AvgIpc) is 2.61. The smallest absolute Gasteiger partial charge is 0.146 e. The molecular formula is C12H15F2NO. The molecule has 1 saturated carbocycles. The Kier molecular flexibility index (Phi) is 3.10. The Morgan fingerprint density at radius 1 is 1.25 bits per heavy atom. The van der Waals surface area contributed by atoms with Crippen molar-refractivity contribution in [2.24, 2.45) is 0 Å². The van der Waals surface area contributed by atoms with Crippen LogP contribution in [0, 0.1) is 18.6 Å². The van der Waals surface area contributed by atoms with E-state index in [9.17, 15) is 13.9 Å². The zero-order valence-corrected chi connectivity index (χ0v) is 9.13. The molecule has 0 heterocycles. The molecule has 1 aliphatic rings. The second-order valence-electron chi connectivity index (χ2n) is 4.33. The van der Waals surface area contributed by atoms with Gasteiger partial charge >= 0.3 is 0 Å². The molecule has 4 heteroatoms. The topological polar surface area (TPSA) is 32.3 Å². The number of aliphatic hydroxyl groups excluding tert-OH is 1. The first-order valence-electron chi connectivity index (χ1n) is 5.48. The van der Waals surface area contributed by atoms with Crippen molar-refractivity contribution in [2.75, 3.05) is 5.32 Å². The van der Waals surface area contributed by atoms with Gasteiger partial charge < -0.3 is 10.4 Å². The minimum absolute atomic E-state index is 0.133. The number of halogens is 2. The highest BCUT2D eigenvalue weighted by atomic mass is 19.1. The number of hydrogen-bond donors (Lipinski definition) is 2. The maximum atomic E-state index is 13.5. The van der Waals surface area contributed by atoms with Gasteiger partial charge in [-0.3, -0.25) is 0 Å². The first kappa shape index (κ1) is 11.3. The van der Waals surface area contributed by atoms with Crippen molar-refractivity contribution in [3.05, 3.63) is 29.3 Å². The fourth-order valence-corrected chi connectivity index (χ4v) is 2.07. The summed E-state index contributed by atoms with van der Waals surface area (Å²) in [4.78, 5) is 0. The van der Waals surface area contributed by atoms with Crippen molar-refractivity contribution < 1.29 is 13.9 Å². The van der Waals surface area contributed by atoms with Gasteiger partial charge in [-0.1, -0.05) is 0 Å². The molecule has 0 aliphatic heterocycles. The van der Waals surface area contributed by atoms with E-state index in [0.717, 1.165) is 18.9 Å². The molecule has 16 heavy (non-hydrogen) atoms. The monoisotopic (exact) mass is 227 g/mol. The van der Waals surface area contributed by atoms with Crippen molar-refractivity contribution in [3.63, 3.8) is 0 Å². The largest absolute Gasteiger partial charge is 0.391 e. The number of anilines is 1. The fraction of sp³-hybridized carbons (Fsp3) is 0.500. The van der Waals surface area contributed by atoms with Crippen LogP contribution in [-0.2, 0) is 0 Å². The van der Waals surface area contributed by atoms with E-state index < -0.39 is 17.7 Å². The number of aliphatic hydroxyl groups is 1. The van der Waals surface area contributed by atoms with Crippen LogP contribution in [0.1, 0.15) is 24.8 Å². The zero-order chi connectivity index (χ0) is 11.7. The first-order chi connectivity index (χ1) is 7.58. The first-order valence-corrected chi connectivity index (χ1v) is 5.48. The standard InChI is InChI=1S/C12H15F2NO/c1-7-5-9(14)11(6-8(7)13)15-10-3-2-4-12(10)16/h5-6,10,12,15-16H,2-4H2,1H3/t10-,12-/m1/s1. The summed E-state index contributed by atoms with van der Waals surface area (Å²) < 4.78 is 26.8. The van der Waals surface area contributed by atoms with Crippen LogP contribution in [0.2, 0.25) is 0 Å². The summed E-state index contributed by atoms with van der Waals surface area (Å²) in [5.74, 6) is -0.908. The Labute approximate surface area is 93.3 Å². The van der Waals surface area contributed by atoms with Gasteiger partial charge in [0.15, 0.2) is 0 Å². The Hall–Kier alpha value is -1.16. The Bertz CT molecular complexity index is 395. The van der Waals surface area contributed by atoms with Crippen LogP contribution >= 0.6 is 0 Å². The van der Waals surface area contributed by atoms with Crippen LogP contribution in [0.15, 0.2) is 12.1 Å². The SMILES string of the molecule is Cc1cc(F)c(N[C@@H]2CCC[C@H]2O)cc1F. The van der Waals surface area contributed by atoms with E-state index in [1.54, 1.807) is 0 Å². The maximum Gasteiger partial charge on any atom is 0.146 e. The molecule has 0 amide bonds. The third-order valence-corrected chi connectivity index (χ3v) is 3.07. The fourth-order valence-electron chi connectivity index (χ4n) is 2.07. The van der Waals surface area contributed by atoms with E-state index in [-0.39, 0.29) is 17.3 Å². The number of aryl methyl sites for hydroxylation is 1.